The largest absolute Gasteiger partial charge is 0.241 e. The van der Waals surface area contributed by atoms with Crippen molar-refractivity contribution in [3.8, 4) is 0 Å². The van der Waals surface area contributed by atoms with Gasteiger partial charge in [0.15, 0.2) is 0 Å². The van der Waals surface area contributed by atoms with Crippen LogP contribution in [0, 0.1) is 33.6 Å². The predicted molar refractivity (Wildman–Crippen MR) is 77.9 cm³/mol. The second kappa shape index (κ2) is 5.25. The number of sulfonamides is 1. The van der Waals surface area contributed by atoms with E-state index < -0.39 is 10.0 Å². The molecule has 1 aliphatic rings. The molecule has 0 atom stereocenters. The Morgan fingerprint density at radius 1 is 1.11 bits per heavy atom. The Kier molecular flexibility index (Phi) is 4.02. The molecular formula is C15H23NO2S. The summed E-state index contributed by atoms with van der Waals surface area (Å²) in [5.41, 5.74) is 3.80. The normalized spacial score (nSPS) is 16.4. The van der Waals surface area contributed by atoms with E-state index in [1.165, 1.54) is 6.42 Å². The number of rotatable bonds is 4. The molecule has 0 heterocycles. The smallest absolute Gasteiger partial charge is 0.211 e. The molecule has 1 aromatic carbocycles. The second-order valence-corrected chi connectivity index (χ2v) is 7.44. The van der Waals surface area contributed by atoms with Crippen LogP contribution in [0.4, 0.5) is 0 Å². The van der Waals surface area contributed by atoms with Gasteiger partial charge in [0.25, 0.3) is 0 Å². The van der Waals surface area contributed by atoms with E-state index >= 15 is 0 Å². The average molecular weight is 281 g/mol. The van der Waals surface area contributed by atoms with E-state index in [0.29, 0.717) is 17.4 Å². The third-order valence-corrected chi connectivity index (χ3v) is 6.05. The van der Waals surface area contributed by atoms with E-state index in [9.17, 15) is 8.42 Å². The first-order valence-corrected chi connectivity index (χ1v) is 8.38. The lowest BCUT2D eigenvalue weighted by Gasteiger charge is -2.26. The van der Waals surface area contributed by atoms with Crippen LogP contribution in [-0.4, -0.2) is 15.0 Å². The van der Waals surface area contributed by atoms with Gasteiger partial charge in [-0.1, -0.05) is 12.5 Å². The highest BCUT2D eigenvalue weighted by Gasteiger charge is 2.24. The fourth-order valence-electron chi connectivity index (χ4n) is 2.58. The maximum absolute atomic E-state index is 12.5. The summed E-state index contributed by atoms with van der Waals surface area (Å²) in [5.74, 6) is 0.529. The molecule has 1 fully saturated rings. The Hall–Kier alpha value is -0.870. The van der Waals surface area contributed by atoms with Crippen LogP contribution < -0.4 is 4.72 Å². The van der Waals surface area contributed by atoms with Crippen molar-refractivity contribution in [2.45, 2.75) is 51.9 Å². The SMILES string of the molecule is Cc1cc(C)c(C)c(S(=O)(=O)NCC2CCC2)c1C. The van der Waals surface area contributed by atoms with Gasteiger partial charge >= 0.3 is 0 Å². The summed E-state index contributed by atoms with van der Waals surface area (Å²) < 4.78 is 27.8. The molecule has 0 spiro atoms. The van der Waals surface area contributed by atoms with Gasteiger partial charge in [0.05, 0.1) is 4.90 Å². The lowest BCUT2D eigenvalue weighted by atomic mass is 9.86. The Morgan fingerprint density at radius 3 is 2.05 bits per heavy atom. The minimum absolute atomic E-state index is 0.476. The Balaban J connectivity index is 2.33. The summed E-state index contributed by atoms with van der Waals surface area (Å²) in [6.45, 7) is 8.28. The van der Waals surface area contributed by atoms with Gasteiger partial charge in [-0.15, -0.1) is 0 Å². The van der Waals surface area contributed by atoms with Crippen molar-refractivity contribution in [1.82, 2.24) is 4.72 Å². The molecule has 1 saturated carbocycles. The van der Waals surface area contributed by atoms with Crippen molar-refractivity contribution in [2.24, 2.45) is 5.92 Å². The molecule has 106 valence electrons. The third kappa shape index (κ3) is 2.84. The highest BCUT2D eigenvalue weighted by Crippen LogP contribution is 2.28. The molecule has 1 aliphatic carbocycles. The van der Waals surface area contributed by atoms with Crippen LogP contribution in [0.25, 0.3) is 0 Å². The average Bonchev–Trinajstić information content (AvgIpc) is 2.24. The fraction of sp³-hybridized carbons (Fsp3) is 0.600. The summed E-state index contributed by atoms with van der Waals surface area (Å²) in [6.07, 6.45) is 3.52. The van der Waals surface area contributed by atoms with Gasteiger partial charge in [-0.3, -0.25) is 0 Å². The van der Waals surface area contributed by atoms with Gasteiger partial charge in [0, 0.05) is 6.54 Å². The van der Waals surface area contributed by atoms with Crippen LogP contribution in [0.2, 0.25) is 0 Å². The van der Waals surface area contributed by atoms with Crippen LogP contribution >= 0.6 is 0 Å². The van der Waals surface area contributed by atoms with Crippen molar-refractivity contribution in [1.29, 1.82) is 0 Å². The van der Waals surface area contributed by atoms with Crippen LogP contribution in [-0.2, 0) is 10.0 Å². The fourth-order valence-corrected chi connectivity index (χ4v) is 4.31. The maximum atomic E-state index is 12.5. The molecule has 2 rings (SSSR count). The van der Waals surface area contributed by atoms with E-state index in [4.69, 9.17) is 0 Å². The second-order valence-electron chi connectivity index (χ2n) is 5.74. The standard InChI is InChI=1S/C15H23NO2S/c1-10-8-11(2)13(4)15(12(10)3)19(17,18)16-9-14-6-5-7-14/h8,14,16H,5-7,9H2,1-4H3. The lowest BCUT2D eigenvalue weighted by Crippen LogP contribution is -2.33. The minimum Gasteiger partial charge on any atom is -0.211 e. The van der Waals surface area contributed by atoms with E-state index in [1.54, 1.807) is 0 Å². The quantitative estimate of drug-likeness (QED) is 0.922. The van der Waals surface area contributed by atoms with Gasteiger partial charge in [-0.05, 0) is 68.7 Å². The van der Waals surface area contributed by atoms with Gasteiger partial charge in [0.1, 0.15) is 0 Å². The van der Waals surface area contributed by atoms with Gasteiger partial charge in [0.2, 0.25) is 10.0 Å². The summed E-state index contributed by atoms with van der Waals surface area (Å²) in [6, 6.07) is 2.05. The van der Waals surface area contributed by atoms with Crippen LogP contribution in [0.1, 0.15) is 41.5 Å². The Labute approximate surface area is 116 Å². The van der Waals surface area contributed by atoms with Crippen molar-refractivity contribution in [3.63, 3.8) is 0 Å². The molecule has 0 aromatic heterocycles. The molecule has 4 heteroatoms. The molecule has 0 aliphatic heterocycles. The van der Waals surface area contributed by atoms with Gasteiger partial charge in [-0.25, -0.2) is 13.1 Å². The van der Waals surface area contributed by atoms with Crippen LogP contribution in [0.3, 0.4) is 0 Å². The Morgan fingerprint density at radius 2 is 1.63 bits per heavy atom. The molecule has 0 amide bonds. The summed E-state index contributed by atoms with van der Waals surface area (Å²) in [4.78, 5) is 0.476. The molecule has 1 aromatic rings. The van der Waals surface area contributed by atoms with Crippen molar-refractivity contribution < 1.29 is 8.42 Å². The third-order valence-electron chi connectivity index (χ3n) is 4.35. The topological polar surface area (TPSA) is 46.2 Å². The zero-order chi connectivity index (χ0) is 14.2. The summed E-state index contributed by atoms with van der Waals surface area (Å²) in [7, 11) is -3.39. The number of hydrogen-bond acceptors (Lipinski definition) is 2. The van der Waals surface area contributed by atoms with E-state index in [1.807, 2.05) is 27.7 Å². The van der Waals surface area contributed by atoms with E-state index in [0.717, 1.165) is 35.1 Å². The zero-order valence-electron chi connectivity index (χ0n) is 12.2. The highest BCUT2D eigenvalue weighted by atomic mass is 32.2. The van der Waals surface area contributed by atoms with E-state index in [2.05, 4.69) is 10.8 Å². The summed E-state index contributed by atoms with van der Waals surface area (Å²) in [5, 5.41) is 0. The summed E-state index contributed by atoms with van der Waals surface area (Å²) >= 11 is 0. The van der Waals surface area contributed by atoms with E-state index in [-0.39, 0.29) is 0 Å². The highest BCUT2D eigenvalue weighted by molar-refractivity contribution is 7.89. The minimum atomic E-state index is -3.39. The number of nitrogens with one attached hydrogen (secondary N) is 1. The van der Waals surface area contributed by atoms with Crippen LogP contribution in [0.15, 0.2) is 11.0 Å². The van der Waals surface area contributed by atoms with Gasteiger partial charge in [-0.2, -0.15) is 0 Å². The van der Waals surface area contributed by atoms with Crippen molar-refractivity contribution in [3.05, 3.63) is 28.3 Å². The zero-order valence-corrected chi connectivity index (χ0v) is 13.0. The lowest BCUT2D eigenvalue weighted by molar-refractivity contribution is 0.316. The molecule has 1 N–H and O–H groups in total. The molecule has 19 heavy (non-hydrogen) atoms. The molecule has 0 radical (unpaired) electrons. The maximum Gasteiger partial charge on any atom is 0.241 e. The number of aryl methyl sites for hydroxylation is 2. The monoisotopic (exact) mass is 281 g/mol. The van der Waals surface area contributed by atoms with Crippen molar-refractivity contribution in [2.75, 3.05) is 6.54 Å². The number of hydrogen-bond donors (Lipinski definition) is 1. The first-order chi connectivity index (χ1) is 8.83. The predicted octanol–water partition coefficient (Wildman–Crippen LogP) is 3.00. The van der Waals surface area contributed by atoms with Crippen LogP contribution in [0.5, 0.6) is 0 Å². The van der Waals surface area contributed by atoms with Crippen molar-refractivity contribution >= 4 is 10.0 Å². The molecule has 3 nitrogen and oxygen atoms in total. The molecule has 0 bridgehead atoms. The molecule has 0 saturated heterocycles. The van der Waals surface area contributed by atoms with Gasteiger partial charge < -0.3 is 0 Å². The molecular weight excluding hydrogens is 258 g/mol. The molecule has 0 unspecified atom stereocenters. The Bertz CT molecular complexity index is 560. The first kappa shape index (κ1) is 14.5. The first-order valence-electron chi connectivity index (χ1n) is 6.90. The number of benzene rings is 1.